The second-order valence-electron chi connectivity index (χ2n) is 5.51. The Morgan fingerprint density at radius 1 is 1.28 bits per heavy atom. The molecule has 0 amide bonds. The molecule has 2 saturated carbocycles. The van der Waals surface area contributed by atoms with Crippen molar-refractivity contribution in [3.63, 3.8) is 0 Å². The number of aliphatic imine (C=N–C) groups is 1. The number of hydrogen-bond donors (Lipinski definition) is 2. The summed E-state index contributed by atoms with van der Waals surface area (Å²) in [7, 11) is 4.33. The number of guanidine groups is 1. The average Bonchev–Trinajstić information content (AvgIpc) is 3.12. The van der Waals surface area contributed by atoms with E-state index in [1.54, 1.807) is 0 Å². The van der Waals surface area contributed by atoms with E-state index in [1.807, 2.05) is 0 Å². The Hall–Kier alpha value is -0.0400. The van der Waals surface area contributed by atoms with E-state index in [-0.39, 0.29) is 24.0 Å². The third-order valence-corrected chi connectivity index (χ3v) is 3.53. The lowest BCUT2D eigenvalue weighted by Crippen LogP contribution is -2.40. The quantitative estimate of drug-likeness (QED) is 0.427. The summed E-state index contributed by atoms with van der Waals surface area (Å²) in [6.45, 7) is 3.97. The fourth-order valence-corrected chi connectivity index (χ4v) is 2.14. The monoisotopic (exact) mass is 366 g/mol. The van der Waals surface area contributed by atoms with Crippen molar-refractivity contribution in [2.75, 3.05) is 27.2 Å². The first-order valence-electron chi connectivity index (χ1n) is 6.92. The highest BCUT2D eigenvalue weighted by Crippen LogP contribution is 2.34. The van der Waals surface area contributed by atoms with E-state index < -0.39 is 0 Å². The normalized spacial score (nSPS) is 21.4. The van der Waals surface area contributed by atoms with E-state index in [4.69, 9.17) is 4.99 Å². The van der Waals surface area contributed by atoms with Crippen LogP contribution in [0.5, 0.6) is 0 Å². The minimum atomic E-state index is 0. The van der Waals surface area contributed by atoms with Crippen molar-refractivity contribution >= 4 is 29.9 Å². The van der Waals surface area contributed by atoms with Crippen LogP contribution in [0.2, 0.25) is 0 Å². The minimum absolute atomic E-state index is 0. The van der Waals surface area contributed by atoms with Gasteiger partial charge in [-0.2, -0.15) is 0 Å². The lowest BCUT2D eigenvalue weighted by Gasteiger charge is -2.22. The van der Waals surface area contributed by atoms with Gasteiger partial charge >= 0.3 is 0 Å². The molecule has 2 N–H and O–H groups in total. The fraction of sp³-hybridized carbons (Fsp3) is 0.923. The van der Waals surface area contributed by atoms with Gasteiger partial charge in [-0.1, -0.05) is 0 Å². The van der Waals surface area contributed by atoms with Crippen LogP contribution in [0.4, 0.5) is 0 Å². The highest BCUT2D eigenvalue weighted by atomic mass is 127. The predicted molar refractivity (Wildman–Crippen MR) is 87.8 cm³/mol. The molecule has 106 valence electrons. The van der Waals surface area contributed by atoms with Gasteiger partial charge in [0.1, 0.15) is 0 Å². The highest BCUT2D eigenvalue weighted by Gasteiger charge is 2.32. The van der Waals surface area contributed by atoms with Crippen molar-refractivity contribution in [3.8, 4) is 0 Å². The zero-order valence-corrected chi connectivity index (χ0v) is 14.1. The maximum absolute atomic E-state index is 4.73. The van der Waals surface area contributed by atoms with Crippen molar-refractivity contribution in [2.24, 2.45) is 10.9 Å². The maximum Gasteiger partial charge on any atom is 0.191 e. The molecule has 2 aliphatic rings. The summed E-state index contributed by atoms with van der Waals surface area (Å²) < 4.78 is 0. The molecular formula is C13H27IN4. The number of nitrogens with zero attached hydrogens (tertiary/aromatic N) is 2. The van der Waals surface area contributed by atoms with Crippen LogP contribution in [-0.2, 0) is 0 Å². The molecule has 5 heteroatoms. The number of hydrogen-bond acceptors (Lipinski definition) is 2. The van der Waals surface area contributed by atoms with E-state index in [0.29, 0.717) is 12.1 Å². The molecule has 1 unspecified atom stereocenters. The van der Waals surface area contributed by atoms with Gasteiger partial charge in [0.05, 0.1) is 6.54 Å². The van der Waals surface area contributed by atoms with Gasteiger partial charge < -0.3 is 15.5 Å². The predicted octanol–water partition coefficient (Wildman–Crippen LogP) is 1.66. The Kier molecular flexibility index (Phi) is 6.70. The van der Waals surface area contributed by atoms with Gasteiger partial charge in [0.25, 0.3) is 0 Å². The molecule has 2 rings (SSSR count). The van der Waals surface area contributed by atoms with Gasteiger partial charge in [0.2, 0.25) is 0 Å². The molecule has 0 spiro atoms. The van der Waals surface area contributed by atoms with E-state index >= 15 is 0 Å². The van der Waals surface area contributed by atoms with Crippen LogP contribution in [0.3, 0.4) is 0 Å². The molecular weight excluding hydrogens is 339 g/mol. The Labute approximate surface area is 128 Å². The summed E-state index contributed by atoms with van der Waals surface area (Å²) in [5, 5.41) is 6.79. The summed E-state index contributed by atoms with van der Waals surface area (Å²) >= 11 is 0. The lowest BCUT2D eigenvalue weighted by atomic mass is 10.2. The molecule has 18 heavy (non-hydrogen) atoms. The highest BCUT2D eigenvalue weighted by molar-refractivity contribution is 14.0. The molecule has 0 bridgehead atoms. The molecule has 0 aromatic heterocycles. The zero-order valence-electron chi connectivity index (χ0n) is 11.8. The van der Waals surface area contributed by atoms with Crippen LogP contribution in [0, 0.1) is 5.92 Å². The van der Waals surface area contributed by atoms with Gasteiger partial charge in [0, 0.05) is 18.6 Å². The summed E-state index contributed by atoms with van der Waals surface area (Å²) in [4.78, 5) is 7.05. The van der Waals surface area contributed by atoms with Crippen LogP contribution in [0.15, 0.2) is 4.99 Å². The van der Waals surface area contributed by atoms with Crippen molar-refractivity contribution < 1.29 is 0 Å². The third kappa shape index (κ3) is 5.30. The van der Waals surface area contributed by atoms with Gasteiger partial charge in [-0.15, -0.1) is 24.0 Å². The Morgan fingerprint density at radius 2 is 1.94 bits per heavy atom. The molecule has 2 aliphatic carbocycles. The largest absolute Gasteiger partial charge is 0.357 e. The first-order chi connectivity index (χ1) is 8.20. The van der Waals surface area contributed by atoms with Crippen LogP contribution < -0.4 is 10.6 Å². The lowest BCUT2D eigenvalue weighted by molar-refractivity contribution is 0.271. The molecule has 0 aromatic rings. The molecule has 0 radical (unpaired) electrons. The molecule has 0 aliphatic heterocycles. The molecule has 2 fully saturated rings. The first kappa shape index (κ1) is 16.0. The summed E-state index contributed by atoms with van der Waals surface area (Å²) in [6, 6.07) is 1.29. The first-order valence-corrected chi connectivity index (χ1v) is 6.92. The molecule has 0 aromatic carbocycles. The van der Waals surface area contributed by atoms with Gasteiger partial charge in [-0.3, -0.25) is 4.99 Å². The summed E-state index contributed by atoms with van der Waals surface area (Å²) in [5.41, 5.74) is 0. The SMILES string of the molecule is CCNC(=NCC(C1CC1)N(C)C)NC1CC1.I. The van der Waals surface area contributed by atoms with Gasteiger partial charge in [-0.05, 0) is 52.6 Å². The standard InChI is InChI=1S/C13H26N4.HI/c1-4-14-13(16-11-7-8-11)15-9-12(17(2)3)10-5-6-10;/h10-12H,4-9H2,1-3H3,(H2,14,15,16);1H. The van der Waals surface area contributed by atoms with Crippen LogP contribution >= 0.6 is 24.0 Å². The Bertz CT molecular complexity index is 270. The number of likely N-dealkylation sites (N-methyl/N-ethyl adjacent to an activating group) is 1. The fourth-order valence-electron chi connectivity index (χ4n) is 2.14. The van der Waals surface area contributed by atoms with Crippen molar-refractivity contribution in [1.82, 2.24) is 15.5 Å². The smallest absolute Gasteiger partial charge is 0.191 e. The second-order valence-corrected chi connectivity index (χ2v) is 5.51. The van der Waals surface area contributed by atoms with Crippen LogP contribution in [0.1, 0.15) is 32.6 Å². The Balaban J connectivity index is 0.00000162. The van der Waals surface area contributed by atoms with E-state index in [0.717, 1.165) is 25.0 Å². The van der Waals surface area contributed by atoms with Crippen molar-refractivity contribution in [1.29, 1.82) is 0 Å². The summed E-state index contributed by atoms with van der Waals surface area (Å²) in [6.07, 6.45) is 5.35. The van der Waals surface area contributed by atoms with E-state index in [9.17, 15) is 0 Å². The average molecular weight is 366 g/mol. The van der Waals surface area contributed by atoms with Gasteiger partial charge in [0.15, 0.2) is 5.96 Å². The Morgan fingerprint density at radius 3 is 2.39 bits per heavy atom. The molecule has 0 heterocycles. The summed E-state index contributed by atoms with van der Waals surface area (Å²) in [5.74, 6) is 1.88. The number of rotatable bonds is 6. The van der Waals surface area contributed by atoms with E-state index in [1.165, 1.54) is 25.7 Å². The van der Waals surface area contributed by atoms with Crippen molar-refractivity contribution in [2.45, 2.75) is 44.7 Å². The third-order valence-electron chi connectivity index (χ3n) is 3.53. The maximum atomic E-state index is 4.73. The van der Waals surface area contributed by atoms with Crippen molar-refractivity contribution in [3.05, 3.63) is 0 Å². The van der Waals surface area contributed by atoms with E-state index in [2.05, 4.69) is 36.6 Å². The van der Waals surface area contributed by atoms with Crippen LogP contribution in [-0.4, -0.2) is 50.1 Å². The van der Waals surface area contributed by atoms with Crippen LogP contribution in [0.25, 0.3) is 0 Å². The molecule has 0 saturated heterocycles. The topological polar surface area (TPSA) is 39.7 Å². The zero-order chi connectivity index (χ0) is 12.3. The minimum Gasteiger partial charge on any atom is -0.357 e. The second kappa shape index (κ2) is 7.53. The van der Waals surface area contributed by atoms with Gasteiger partial charge in [-0.25, -0.2) is 0 Å². The number of nitrogens with one attached hydrogen (secondary N) is 2. The molecule has 1 atom stereocenters. The molecule has 4 nitrogen and oxygen atoms in total. The number of halogens is 1.